The maximum Gasteiger partial charge on any atom is 0.254 e. The highest BCUT2D eigenvalue weighted by Gasteiger charge is 2.14. The number of nitrogens with zero attached hydrogens (tertiary/aromatic N) is 1. The zero-order chi connectivity index (χ0) is 15.0. The normalized spacial score (nSPS) is 10.2. The van der Waals surface area contributed by atoms with E-state index < -0.39 is 0 Å². The molecule has 20 heavy (non-hydrogen) atoms. The Morgan fingerprint density at radius 2 is 1.95 bits per heavy atom. The van der Waals surface area contributed by atoms with Crippen molar-refractivity contribution in [2.75, 3.05) is 33.9 Å². The van der Waals surface area contributed by atoms with Crippen LogP contribution in [0.1, 0.15) is 16.8 Å². The van der Waals surface area contributed by atoms with Gasteiger partial charge in [0.1, 0.15) is 0 Å². The third-order valence-corrected chi connectivity index (χ3v) is 2.92. The Hall–Kier alpha value is -1.59. The van der Waals surface area contributed by atoms with Crippen LogP contribution >= 0.6 is 11.6 Å². The molecule has 0 aliphatic rings. The summed E-state index contributed by atoms with van der Waals surface area (Å²) in [5.74, 6) is -0.403. The van der Waals surface area contributed by atoms with Crippen molar-refractivity contribution >= 4 is 23.4 Å². The van der Waals surface area contributed by atoms with Crippen LogP contribution < -0.4 is 5.32 Å². The van der Waals surface area contributed by atoms with Gasteiger partial charge in [-0.3, -0.25) is 9.59 Å². The predicted molar refractivity (Wildman–Crippen MR) is 77.9 cm³/mol. The van der Waals surface area contributed by atoms with Gasteiger partial charge in [-0.05, 0) is 30.7 Å². The Balaban J connectivity index is 2.41. The number of methoxy groups -OCH3 is 1. The molecule has 5 nitrogen and oxygen atoms in total. The molecule has 1 aromatic carbocycles. The summed E-state index contributed by atoms with van der Waals surface area (Å²) in [6.45, 7) is 1.16. The number of amides is 2. The number of nitrogens with one attached hydrogen (secondary N) is 1. The number of hydrogen-bond donors (Lipinski definition) is 1. The predicted octanol–water partition coefficient (Wildman–Crippen LogP) is 1.56. The summed E-state index contributed by atoms with van der Waals surface area (Å²) in [5, 5.41) is 3.30. The lowest BCUT2D eigenvalue weighted by molar-refractivity contribution is -0.121. The van der Waals surface area contributed by atoms with Gasteiger partial charge in [0, 0.05) is 37.9 Å². The molecule has 0 heterocycles. The molecule has 0 aromatic heterocycles. The Kier molecular flexibility index (Phi) is 7.04. The van der Waals surface area contributed by atoms with Crippen LogP contribution in [0.5, 0.6) is 0 Å². The molecule has 0 spiro atoms. The number of hydrogen-bond acceptors (Lipinski definition) is 3. The largest absolute Gasteiger partial charge is 0.385 e. The van der Waals surface area contributed by atoms with Gasteiger partial charge < -0.3 is 15.0 Å². The Morgan fingerprint density at radius 3 is 2.55 bits per heavy atom. The quantitative estimate of drug-likeness (QED) is 0.777. The van der Waals surface area contributed by atoms with Crippen LogP contribution in [0.25, 0.3) is 0 Å². The second-order valence-electron chi connectivity index (χ2n) is 4.36. The van der Waals surface area contributed by atoms with Crippen molar-refractivity contribution in [1.82, 2.24) is 10.2 Å². The highest BCUT2D eigenvalue weighted by atomic mass is 35.5. The highest BCUT2D eigenvalue weighted by Crippen LogP contribution is 2.10. The van der Waals surface area contributed by atoms with E-state index in [0.29, 0.717) is 23.7 Å². The van der Waals surface area contributed by atoms with Crippen LogP contribution in [0.4, 0.5) is 0 Å². The van der Waals surface area contributed by atoms with E-state index in [9.17, 15) is 9.59 Å². The Labute approximate surface area is 123 Å². The fourth-order valence-corrected chi connectivity index (χ4v) is 1.73. The van der Waals surface area contributed by atoms with E-state index in [4.69, 9.17) is 16.3 Å². The fraction of sp³-hybridized carbons (Fsp3) is 0.429. The number of rotatable bonds is 7. The first-order valence-corrected chi connectivity index (χ1v) is 6.69. The summed E-state index contributed by atoms with van der Waals surface area (Å²) in [4.78, 5) is 25.1. The minimum atomic E-state index is -0.214. The average Bonchev–Trinajstić information content (AvgIpc) is 2.43. The minimum absolute atomic E-state index is 0.0223. The van der Waals surface area contributed by atoms with Crippen molar-refractivity contribution in [2.45, 2.75) is 6.42 Å². The Bertz CT molecular complexity index is 448. The molecular weight excluding hydrogens is 280 g/mol. The van der Waals surface area contributed by atoms with E-state index in [2.05, 4.69) is 5.32 Å². The summed E-state index contributed by atoms with van der Waals surface area (Å²) < 4.78 is 4.88. The molecule has 0 aliphatic heterocycles. The van der Waals surface area contributed by atoms with Crippen molar-refractivity contribution in [3.63, 3.8) is 0 Å². The molecule has 0 unspecified atom stereocenters. The van der Waals surface area contributed by atoms with Gasteiger partial charge in [0.15, 0.2) is 0 Å². The first-order valence-electron chi connectivity index (χ1n) is 6.31. The SMILES string of the molecule is COCCCNC(=O)CN(C)C(=O)c1ccc(Cl)cc1. The molecular formula is C14H19ClN2O3. The molecule has 1 rings (SSSR count). The fourth-order valence-electron chi connectivity index (χ4n) is 1.60. The zero-order valence-electron chi connectivity index (χ0n) is 11.7. The molecule has 0 saturated carbocycles. The number of benzene rings is 1. The van der Waals surface area contributed by atoms with Gasteiger partial charge in [0.2, 0.25) is 5.91 Å². The lowest BCUT2D eigenvalue weighted by Gasteiger charge is -2.16. The van der Waals surface area contributed by atoms with E-state index in [1.54, 1.807) is 38.4 Å². The van der Waals surface area contributed by atoms with Crippen molar-refractivity contribution in [3.8, 4) is 0 Å². The van der Waals surface area contributed by atoms with Crippen LogP contribution in [-0.4, -0.2) is 50.6 Å². The maximum absolute atomic E-state index is 12.1. The van der Waals surface area contributed by atoms with Gasteiger partial charge in [-0.15, -0.1) is 0 Å². The third kappa shape index (κ3) is 5.59. The minimum Gasteiger partial charge on any atom is -0.385 e. The van der Waals surface area contributed by atoms with Gasteiger partial charge in [0.25, 0.3) is 5.91 Å². The molecule has 1 aromatic rings. The van der Waals surface area contributed by atoms with Crippen molar-refractivity contribution in [2.24, 2.45) is 0 Å². The average molecular weight is 299 g/mol. The monoisotopic (exact) mass is 298 g/mol. The van der Waals surface area contributed by atoms with Gasteiger partial charge in [-0.25, -0.2) is 0 Å². The standard InChI is InChI=1S/C14H19ClN2O3/c1-17(10-13(18)16-8-3-9-20-2)14(19)11-4-6-12(15)7-5-11/h4-7H,3,8-10H2,1-2H3,(H,16,18). The van der Waals surface area contributed by atoms with E-state index in [1.165, 1.54) is 4.90 Å². The van der Waals surface area contributed by atoms with Gasteiger partial charge in [-0.1, -0.05) is 11.6 Å². The number of carbonyl (C=O) groups excluding carboxylic acids is 2. The van der Waals surface area contributed by atoms with Crippen molar-refractivity contribution < 1.29 is 14.3 Å². The second kappa shape index (κ2) is 8.55. The first kappa shape index (κ1) is 16.5. The van der Waals surface area contributed by atoms with Crippen LogP contribution in [0.15, 0.2) is 24.3 Å². The Morgan fingerprint density at radius 1 is 1.30 bits per heavy atom. The molecule has 0 bridgehead atoms. The van der Waals surface area contributed by atoms with Crippen molar-refractivity contribution in [1.29, 1.82) is 0 Å². The van der Waals surface area contributed by atoms with E-state index in [0.717, 1.165) is 6.42 Å². The lowest BCUT2D eigenvalue weighted by atomic mass is 10.2. The summed E-state index contributed by atoms with van der Waals surface area (Å²) in [6, 6.07) is 6.57. The summed E-state index contributed by atoms with van der Waals surface area (Å²) >= 11 is 5.76. The van der Waals surface area contributed by atoms with Crippen LogP contribution in [0.3, 0.4) is 0 Å². The molecule has 0 radical (unpaired) electrons. The van der Waals surface area contributed by atoms with Crippen LogP contribution in [0, 0.1) is 0 Å². The number of ether oxygens (including phenoxy) is 1. The van der Waals surface area contributed by atoms with Crippen molar-refractivity contribution in [3.05, 3.63) is 34.9 Å². The van der Waals surface area contributed by atoms with Gasteiger partial charge >= 0.3 is 0 Å². The smallest absolute Gasteiger partial charge is 0.254 e. The lowest BCUT2D eigenvalue weighted by Crippen LogP contribution is -2.38. The molecule has 1 N–H and O–H groups in total. The molecule has 0 saturated heterocycles. The van der Waals surface area contributed by atoms with Crippen LogP contribution in [-0.2, 0) is 9.53 Å². The third-order valence-electron chi connectivity index (χ3n) is 2.67. The maximum atomic E-state index is 12.1. The zero-order valence-corrected chi connectivity index (χ0v) is 12.4. The summed E-state index contributed by atoms with van der Waals surface area (Å²) in [6.07, 6.45) is 0.747. The molecule has 0 fully saturated rings. The molecule has 2 amide bonds. The number of likely N-dealkylation sites (N-methyl/N-ethyl adjacent to an activating group) is 1. The van der Waals surface area contributed by atoms with E-state index in [1.807, 2.05) is 0 Å². The molecule has 6 heteroatoms. The van der Waals surface area contributed by atoms with E-state index in [-0.39, 0.29) is 18.4 Å². The molecule has 0 atom stereocenters. The number of carbonyl (C=O) groups is 2. The molecule has 110 valence electrons. The summed E-state index contributed by atoms with van der Waals surface area (Å²) in [7, 11) is 3.20. The topological polar surface area (TPSA) is 58.6 Å². The van der Waals surface area contributed by atoms with Gasteiger partial charge in [-0.2, -0.15) is 0 Å². The van der Waals surface area contributed by atoms with Crippen LogP contribution in [0.2, 0.25) is 5.02 Å². The highest BCUT2D eigenvalue weighted by molar-refractivity contribution is 6.30. The second-order valence-corrected chi connectivity index (χ2v) is 4.80. The number of halogens is 1. The molecule has 0 aliphatic carbocycles. The van der Waals surface area contributed by atoms with Gasteiger partial charge in [0.05, 0.1) is 6.54 Å². The summed E-state index contributed by atoms with van der Waals surface area (Å²) in [5.41, 5.74) is 0.504. The van der Waals surface area contributed by atoms with E-state index >= 15 is 0 Å². The first-order chi connectivity index (χ1) is 9.54.